The number of alkyl halides is 6. The maximum absolute atomic E-state index is 15.0. The van der Waals surface area contributed by atoms with E-state index in [1.54, 1.807) is 19.1 Å². The van der Waals surface area contributed by atoms with Gasteiger partial charge in [-0.15, -0.1) is 18.3 Å². The van der Waals surface area contributed by atoms with E-state index in [2.05, 4.69) is 20.4 Å². The summed E-state index contributed by atoms with van der Waals surface area (Å²) < 4.78 is 109. The monoisotopic (exact) mass is 714 g/mol. The first-order chi connectivity index (χ1) is 22.6. The van der Waals surface area contributed by atoms with Crippen LogP contribution in [0.25, 0.3) is 17.1 Å². The first-order valence-electron chi connectivity index (χ1n) is 13.5. The zero-order valence-electron chi connectivity index (χ0n) is 24.3. The predicted octanol–water partition coefficient (Wildman–Crippen LogP) is 6.76. The van der Waals surface area contributed by atoms with E-state index in [-0.39, 0.29) is 39.2 Å². The van der Waals surface area contributed by atoms with E-state index in [9.17, 15) is 40.5 Å². The number of hydrogen-bond acceptors (Lipinski definition) is 7. The van der Waals surface area contributed by atoms with Crippen LogP contribution >= 0.6 is 11.8 Å². The third kappa shape index (κ3) is 8.33. The highest BCUT2D eigenvalue weighted by atomic mass is 32.2. The Morgan fingerprint density at radius 3 is 2.48 bits per heavy atom. The van der Waals surface area contributed by atoms with Crippen LogP contribution in [0.4, 0.5) is 46.9 Å². The lowest BCUT2D eigenvalue weighted by molar-refractivity contribution is -0.176. The van der Waals surface area contributed by atoms with Crippen molar-refractivity contribution < 1.29 is 49.6 Å². The van der Waals surface area contributed by atoms with Crippen LogP contribution in [0.3, 0.4) is 0 Å². The first-order valence-corrected chi connectivity index (χ1v) is 15.6. The predicted molar refractivity (Wildman–Crippen MR) is 163 cm³/mol. The SMILES string of the molecule is Cc1ccc(COCC(F)(F)F)c(N2C(=O)CS/C2=N\C(=O)Nc2ccc(-c3ncn(-c4ccc([S+]([O-])C(F)(F)F)cc4)n3)cc2F)c1. The van der Waals surface area contributed by atoms with Gasteiger partial charge in [0.05, 0.1) is 40.6 Å². The van der Waals surface area contributed by atoms with Gasteiger partial charge in [0, 0.05) is 11.1 Å². The maximum atomic E-state index is 15.0. The van der Waals surface area contributed by atoms with Crippen LogP contribution in [0.15, 0.2) is 76.9 Å². The number of carbonyl (C=O) groups excluding carboxylic acids is 2. The molecule has 0 saturated carbocycles. The van der Waals surface area contributed by atoms with Crippen molar-refractivity contribution in [1.82, 2.24) is 14.8 Å². The topological polar surface area (TPSA) is 125 Å². The molecule has 4 aromatic rings. The number of aliphatic imine (C=N–C) groups is 1. The Kier molecular flexibility index (Phi) is 10.1. The van der Waals surface area contributed by atoms with Crippen molar-refractivity contribution in [2.75, 3.05) is 22.6 Å². The van der Waals surface area contributed by atoms with Gasteiger partial charge in [-0.05, 0) is 61.0 Å². The summed E-state index contributed by atoms with van der Waals surface area (Å²) in [7, 11) is 0. The van der Waals surface area contributed by atoms with E-state index >= 15 is 4.39 Å². The molecule has 0 aliphatic carbocycles. The molecule has 1 atom stereocenters. The highest BCUT2D eigenvalue weighted by Crippen LogP contribution is 2.33. The fourth-order valence-corrected chi connectivity index (χ4v) is 5.83. The summed E-state index contributed by atoms with van der Waals surface area (Å²) in [6.07, 6.45) is -3.31. The van der Waals surface area contributed by atoms with Gasteiger partial charge in [-0.3, -0.25) is 9.69 Å². The van der Waals surface area contributed by atoms with Crippen molar-refractivity contribution in [3.63, 3.8) is 0 Å². The second kappa shape index (κ2) is 14.0. The average molecular weight is 715 g/mol. The number of carbonyl (C=O) groups is 2. The van der Waals surface area contributed by atoms with E-state index in [0.29, 0.717) is 11.3 Å². The number of anilines is 2. The average Bonchev–Trinajstić information content (AvgIpc) is 3.64. The van der Waals surface area contributed by atoms with Crippen LogP contribution in [0.1, 0.15) is 11.1 Å². The molecule has 252 valence electrons. The summed E-state index contributed by atoms with van der Waals surface area (Å²) in [5, 5.41) is 6.39. The molecule has 3 aromatic carbocycles. The fraction of sp³-hybridized carbons (Fsp3) is 0.207. The lowest BCUT2D eigenvalue weighted by Crippen LogP contribution is -2.31. The molecule has 5 rings (SSSR count). The van der Waals surface area contributed by atoms with E-state index in [1.807, 2.05) is 0 Å². The number of aromatic nitrogens is 3. The number of ether oxygens (including phenoxy) is 1. The molecule has 1 aliphatic heterocycles. The van der Waals surface area contributed by atoms with Crippen molar-refractivity contribution in [1.29, 1.82) is 0 Å². The lowest BCUT2D eigenvalue weighted by atomic mass is 10.1. The first kappa shape index (κ1) is 34.9. The van der Waals surface area contributed by atoms with Crippen LogP contribution in [0, 0.1) is 12.7 Å². The molecule has 1 fully saturated rings. The molecule has 1 N–H and O–H groups in total. The Hall–Kier alpha value is -4.46. The van der Waals surface area contributed by atoms with Gasteiger partial charge < -0.3 is 14.6 Å². The summed E-state index contributed by atoms with van der Waals surface area (Å²) in [6, 6.07) is 11.9. The number of halogens is 7. The van der Waals surface area contributed by atoms with Crippen LogP contribution in [-0.2, 0) is 27.3 Å². The Labute approximate surface area is 274 Å². The van der Waals surface area contributed by atoms with Gasteiger partial charge in [0.15, 0.2) is 15.9 Å². The minimum Gasteiger partial charge on any atom is -0.604 e. The van der Waals surface area contributed by atoms with Gasteiger partial charge in [-0.2, -0.15) is 18.2 Å². The number of benzene rings is 3. The van der Waals surface area contributed by atoms with Gasteiger partial charge in [-0.1, -0.05) is 23.9 Å². The van der Waals surface area contributed by atoms with Crippen LogP contribution < -0.4 is 10.2 Å². The van der Waals surface area contributed by atoms with E-state index < -0.39 is 58.7 Å². The quantitative estimate of drug-likeness (QED) is 0.158. The molecule has 0 bridgehead atoms. The summed E-state index contributed by atoms with van der Waals surface area (Å²) in [4.78, 5) is 34.2. The lowest BCUT2D eigenvalue weighted by Gasteiger charge is -2.21. The van der Waals surface area contributed by atoms with E-state index in [4.69, 9.17) is 4.74 Å². The van der Waals surface area contributed by atoms with Crippen LogP contribution in [0.2, 0.25) is 0 Å². The maximum Gasteiger partial charge on any atom is 0.578 e. The van der Waals surface area contributed by atoms with Gasteiger partial charge in [0.2, 0.25) is 5.91 Å². The molecular formula is C29H21F7N6O4S2. The van der Waals surface area contributed by atoms with E-state index in [1.165, 1.54) is 41.3 Å². The second-order valence-electron chi connectivity index (χ2n) is 10.00. The number of thioether (sulfide) groups is 1. The van der Waals surface area contributed by atoms with Crippen molar-refractivity contribution in [2.24, 2.45) is 4.99 Å². The van der Waals surface area contributed by atoms with Crippen molar-refractivity contribution >= 4 is 51.4 Å². The molecule has 48 heavy (non-hydrogen) atoms. The molecule has 0 radical (unpaired) electrons. The van der Waals surface area contributed by atoms with Crippen LogP contribution in [0.5, 0.6) is 0 Å². The van der Waals surface area contributed by atoms with Gasteiger partial charge in [0.25, 0.3) is 0 Å². The summed E-state index contributed by atoms with van der Waals surface area (Å²) >= 11 is -2.29. The molecule has 1 unspecified atom stereocenters. The Bertz CT molecular complexity index is 1870. The number of amidine groups is 1. The molecular weight excluding hydrogens is 693 g/mol. The van der Waals surface area contributed by atoms with Crippen molar-refractivity contribution in [3.8, 4) is 17.1 Å². The number of amides is 3. The molecule has 2 heterocycles. The molecule has 0 spiro atoms. The molecule has 3 amide bonds. The molecule has 1 aliphatic rings. The van der Waals surface area contributed by atoms with Crippen molar-refractivity contribution in [2.45, 2.75) is 30.1 Å². The molecule has 1 aromatic heterocycles. The number of nitrogens with one attached hydrogen (secondary N) is 1. The Morgan fingerprint density at radius 1 is 1.08 bits per heavy atom. The standard InChI is InChI=1S/C29H21F7N6O4S2/c1-16-2-3-18(12-46-14-28(31,32)33)23(10-16)42-24(43)13-47-27(42)39-26(44)38-22-9-4-17(11-21(22)30)25-37-15-41(40-25)19-5-7-20(8-6-19)48(45)29(34,35)36/h2-11,15H,12-14H2,1H3,(H,38,44)/b39-27-. The number of hydrogen-bond donors (Lipinski definition) is 1. The highest BCUT2D eigenvalue weighted by Gasteiger charge is 2.46. The summed E-state index contributed by atoms with van der Waals surface area (Å²) in [6.45, 7) is -0.262. The normalized spacial score (nSPS) is 15.3. The summed E-state index contributed by atoms with van der Waals surface area (Å²) in [5.74, 6) is -1.45. The zero-order valence-corrected chi connectivity index (χ0v) is 25.9. The largest absolute Gasteiger partial charge is 0.604 e. The molecule has 1 saturated heterocycles. The fourth-order valence-electron chi connectivity index (χ4n) is 4.32. The Morgan fingerprint density at radius 2 is 1.81 bits per heavy atom. The minimum atomic E-state index is -4.91. The van der Waals surface area contributed by atoms with Gasteiger partial charge in [-0.25, -0.2) is 18.9 Å². The smallest absolute Gasteiger partial charge is 0.578 e. The molecule has 10 nitrogen and oxygen atoms in total. The van der Waals surface area contributed by atoms with Crippen molar-refractivity contribution in [3.05, 3.63) is 83.9 Å². The van der Waals surface area contributed by atoms with Crippen LogP contribution in [-0.4, -0.2) is 60.5 Å². The third-order valence-electron chi connectivity index (χ3n) is 6.45. The number of aryl methyl sites for hydroxylation is 1. The third-order valence-corrected chi connectivity index (χ3v) is 8.50. The van der Waals surface area contributed by atoms with Gasteiger partial charge >= 0.3 is 17.7 Å². The number of nitrogens with zero attached hydrogens (tertiary/aromatic N) is 5. The number of rotatable bonds is 8. The zero-order chi connectivity index (χ0) is 34.8. The number of urea groups is 1. The second-order valence-corrected chi connectivity index (χ2v) is 12.4. The van der Waals surface area contributed by atoms with E-state index in [0.717, 1.165) is 34.9 Å². The van der Waals surface area contributed by atoms with Gasteiger partial charge in [0.1, 0.15) is 18.8 Å². The summed E-state index contributed by atoms with van der Waals surface area (Å²) in [5.41, 5.74) is -3.59. The Balaban J connectivity index is 1.29. The molecule has 19 heteroatoms. The minimum absolute atomic E-state index is 0.0413. The highest BCUT2D eigenvalue weighted by molar-refractivity contribution is 8.15.